The molecule has 3 heterocycles. The Balaban J connectivity index is 1.80. The number of anilines is 1. The number of nitriles is 1. The molecule has 0 aliphatic carbocycles. The third-order valence-electron chi connectivity index (χ3n) is 4.65. The third-order valence-corrected chi connectivity index (χ3v) is 4.65. The van der Waals surface area contributed by atoms with Crippen molar-refractivity contribution < 1.29 is 0 Å². The summed E-state index contributed by atoms with van der Waals surface area (Å²) in [5.74, 6) is 0. The zero-order valence-electron chi connectivity index (χ0n) is 13.2. The van der Waals surface area contributed by atoms with Gasteiger partial charge in [-0.15, -0.1) is 0 Å². The van der Waals surface area contributed by atoms with E-state index in [2.05, 4.69) is 39.7 Å². The van der Waals surface area contributed by atoms with Crippen molar-refractivity contribution in [3.8, 4) is 17.3 Å². The molecule has 0 bridgehead atoms. The summed E-state index contributed by atoms with van der Waals surface area (Å²) in [5.41, 5.74) is 6.90. The molecule has 4 aromatic rings. The SMILES string of the molecule is N#Cc1ccc(C2Nc3ccccc3-c3ncnn4ccc2c34)cc1. The molecule has 118 valence electrons. The van der Waals surface area contributed by atoms with Gasteiger partial charge < -0.3 is 5.32 Å². The Labute approximate surface area is 144 Å². The molecular formula is C20H13N5. The Morgan fingerprint density at radius 2 is 1.88 bits per heavy atom. The lowest BCUT2D eigenvalue weighted by Gasteiger charge is -2.19. The van der Waals surface area contributed by atoms with E-state index in [4.69, 9.17) is 5.26 Å². The van der Waals surface area contributed by atoms with E-state index in [0.29, 0.717) is 5.56 Å². The molecule has 5 nitrogen and oxygen atoms in total. The van der Waals surface area contributed by atoms with Crippen LogP contribution in [0.15, 0.2) is 67.1 Å². The summed E-state index contributed by atoms with van der Waals surface area (Å²) in [6.45, 7) is 0. The highest BCUT2D eigenvalue weighted by Gasteiger charge is 2.26. The maximum atomic E-state index is 9.05. The van der Waals surface area contributed by atoms with Gasteiger partial charge in [0.25, 0.3) is 0 Å². The van der Waals surface area contributed by atoms with E-state index < -0.39 is 0 Å². The van der Waals surface area contributed by atoms with Crippen molar-refractivity contribution in [1.29, 1.82) is 5.26 Å². The van der Waals surface area contributed by atoms with Crippen LogP contribution in [0.4, 0.5) is 5.69 Å². The quantitative estimate of drug-likeness (QED) is 0.579. The monoisotopic (exact) mass is 323 g/mol. The lowest BCUT2D eigenvalue weighted by atomic mass is 9.99. The molecule has 0 radical (unpaired) electrons. The number of nitrogens with zero attached hydrogens (tertiary/aromatic N) is 4. The van der Waals surface area contributed by atoms with Crippen molar-refractivity contribution in [1.82, 2.24) is 14.6 Å². The van der Waals surface area contributed by atoms with E-state index in [0.717, 1.165) is 33.6 Å². The first-order valence-electron chi connectivity index (χ1n) is 8.03. The summed E-state index contributed by atoms with van der Waals surface area (Å²) in [4.78, 5) is 4.55. The summed E-state index contributed by atoms with van der Waals surface area (Å²) in [7, 11) is 0. The second-order valence-electron chi connectivity index (χ2n) is 6.03. The first-order valence-corrected chi connectivity index (χ1v) is 8.03. The average molecular weight is 323 g/mol. The predicted molar refractivity (Wildman–Crippen MR) is 95.0 cm³/mol. The van der Waals surface area contributed by atoms with Crippen LogP contribution in [0.3, 0.4) is 0 Å². The topological polar surface area (TPSA) is 66.0 Å². The molecule has 1 unspecified atom stereocenters. The van der Waals surface area contributed by atoms with Crippen molar-refractivity contribution >= 4 is 11.2 Å². The van der Waals surface area contributed by atoms with Crippen LogP contribution in [0.1, 0.15) is 22.7 Å². The molecule has 0 fully saturated rings. The molecule has 2 aromatic heterocycles. The number of hydrogen-bond donors (Lipinski definition) is 1. The van der Waals surface area contributed by atoms with Crippen LogP contribution >= 0.6 is 0 Å². The summed E-state index contributed by atoms with van der Waals surface area (Å²) in [5, 5.41) is 17.0. The fourth-order valence-electron chi connectivity index (χ4n) is 3.47. The number of rotatable bonds is 1. The van der Waals surface area contributed by atoms with Crippen LogP contribution in [-0.4, -0.2) is 14.6 Å². The van der Waals surface area contributed by atoms with Crippen LogP contribution < -0.4 is 5.32 Å². The smallest absolute Gasteiger partial charge is 0.137 e. The van der Waals surface area contributed by atoms with Gasteiger partial charge in [-0.1, -0.05) is 30.3 Å². The molecule has 0 saturated heterocycles. The van der Waals surface area contributed by atoms with Gasteiger partial charge in [0.15, 0.2) is 0 Å². The Morgan fingerprint density at radius 3 is 2.72 bits per heavy atom. The van der Waals surface area contributed by atoms with E-state index in [1.54, 1.807) is 6.33 Å². The van der Waals surface area contributed by atoms with Gasteiger partial charge in [-0.25, -0.2) is 9.50 Å². The van der Waals surface area contributed by atoms with Crippen LogP contribution in [0, 0.1) is 11.3 Å². The highest BCUT2D eigenvalue weighted by Crippen LogP contribution is 2.40. The molecule has 0 saturated carbocycles. The number of aromatic nitrogens is 3. The standard InChI is InChI=1S/C20H13N5/c21-11-13-5-7-14(8-6-13)18-16-9-10-25-20(16)19(22-12-23-25)15-3-1-2-4-17(15)24-18/h1-10,12,18,24H. The number of hydrogen-bond acceptors (Lipinski definition) is 4. The van der Waals surface area contributed by atoms with Gasteiger partial charge in [-0.3, -0.25) is 0 Å². The van der Waals surface area contributed by atoms with Crippen molar-refractivity contribution in [3.63, 3.8) is 0 Å². The molecular weight excluding hydrogens is 310 g/mol. The van der Waals surface area contributed by atoms with Gasteiger partial charge in [0, 0.05) is 23.0 Å². The first kappa shape index (κ1) is 13.8. The fraction of sp³-hybridized carbons (Fsp3) is 0.0500. The normalized spacial score (nSPS) is 15.1. The Bertz CT molecular complexity index is 1130. The van der Waals surface area contributed by atoms with Crippen LogP contribution in [0.25, 0.3) is 16.8 Å². The van der Waals surface area contributed by atoms with Crippen LogP contribution in [-0.2, 0) is 0 Å². The van der Waals surface area contributed by atoms with Crippen molar-refractivity contribution in [3.05, 3.63) is 83.8 Å². The van der Waals surface area contributed by atoms with Crippen molar-refractivity contribution in [2.75, 3.05) is 5.32 Å². The van der Waals surface area contributed by atoms with Gasteiger partial charge in [-0.2, -0.15) is 10.4 Å². The highest BCUT2D eigenvalue weighted by atomic mass is 15.2. The van der Waals surface area contributed by atoms with Gasteiger partial charge in [-0.05, 0) is 29.8 Å². The van der Waals surface area contributed by atoms with Gasteiger partial charge in [0.1, 0.15) is 12.0 Å². The second-order valence-corrected chi connectivity index (χ2v) is 6.03. The van der Waals surface area contributed by atoms with E-state index in [1.165, 1.54) is 0 Å². The molecule has 5 heteroatoms. The summed E-state index contributed by atoms with van der Waals surface area (Å²) in [6.07, 6.45) is 3.55. The number of benzene rings is 2. The van der Waals surface area contributed by atoms with E-state index in [1.807, 2.05) is 47.1 Å². The molecule has 1 aliphatic rings. The van der Waals surface area contributed by atoms with E-state index in [9.17, 15) is 0 Å². The Kier molecular flexibility index (Phi) is 2.85. The molecule has 1 aliphatic heterocycles. The third kappa shape index (κ3) is 2.01. The molecule has 0 spiro atoms. The number of nitrogens with one attached hydrogen (secondary N) is 1. The van der Waals surface area contributed by atoms with Gasteiger partial charge >= 0.3 is 0 Å². The highest BCUT2D eigenvalue weighted by molar-refractivity contribution is 5.89. The van der Waals surface area contributed by atoms with Crippen molar-refractivity contribution in [2.45, 2.75) is 6.04 Å². The molecule has 1 N–H and O–H groups in total. The molecule has 5 rings (SSSR count). The van der Waals surface area contributed by atoms with Crippen LogP contribution in [0.2, 0.25) is 0 Å². The average Bonchev–Trinajstić information content (AvgIpc) is 3.04. The maximum absolute atomic E-state index is 9.05. The molecule has 0 amide bonds. The minimum atomic E-state index is -0.0360. The lowest BCUT2D eigenvalue weighted by Crippen LogP contribution is -2.11. The Morgan fingerprint density at radius 1 is 1.04 bits per heavy atom. The zero-order valence-corrected chi connectivity index (χ0v) is 13.2. The largest absolute Gasteiger partial charge is 0.374 e. The Hall–Kier alpha value is -3.65. The minimum absolute atomic E-state index is 0.0360. The predicted octanol–water partition coefficient (Wildman–Crippen LogP) is 3.78. The molecule has 1 atom stereocenters. The summed E-state index contributed by atoms with van der Waals surface area (Å²) >= 11 is 0. The van der Waals surface area contributed by atoms with Crippen molar-refractivity contribution in [2.24, 2.45) is 0 Å². The number of para-hydroxylation sites is 1. The molecule has 2 aromatic carbocycles. The van der Waals surface area contributed by atoms with Crippen LogP contribution in [0.5, 0.6) is 0 Å². The van der Waals surface area contributed by atoms with E-state index in [-0.39, 0.29) is 6.04 Å². The summed E-state index contributed by atoms with van der Waals surface area (Å²) < 4.78 is 1.87. The number of fused-ring (bicyclic) bond motifs is 2. The minimum Gasteiger partial charge on any atom is -0.374 e. The second kappa shape index (κ2) is 5.18. The lowest BCUT2D eigenvalue weighted by molar-refractivity contribution is 0.899. The first-order chi connectivity index (χ1) is 12.3. The van der Waals surface area contributed by atoms with Gasteiger partial charge in [0.05, 0.1) is 23.2 Å². The van der Waals surface area contributed by atoms with E-state index >= 15 is 0 Å². The van der Waals surface area contributed by atoms with Gasteiger partial charge in [0.2, 0.25) is 0 Å². The zero-order chi connectivity index (χ0) is 16.8. The maximum Gasteiger partial charge on any atom is 0.137 e. The fourth-order valence-corrected chi connectivity index (χ4v) is 3.47. The molecule has 25 heavy (non-hydrogen) atoms. The summed E-state index contributed by atoms with van der Waals surface area (Å²) in [6, 6.07) is 20.1.